The topological polar surface area (TPSA) is 35.3 Å². The Kier molecular flexibility index (Phi) is 4.67. The van der Waals surface area contributed by atoms with Gasteiger partial charge in [-0.2, -0.15) is 13.2 Å². The van der Waals surface area contributed by atoms with E-state index in [0.717, 1.165) is 17.8 Å². The lowest BCUT2D eigenvalue weighted by Gasteiger charge is -2.11. The second kappa shape index (κ2) is 6.68. The second-order valence-electron chi connectivity index (χ2n) is 4.51. The molecule has 0 radical (unpaired) electrons. The van der Waals surface area contributed by atoms with Crippen LogP contribution in [0.2, 0.25) is 0 Å². The van der Waals surface area contributed by atoms with Crippen molar-refractivity contribution in [2.24, 2.45) is 0 Å². The number of nitrogens with zero attached hydrogens (tertiary/aromatic N) is 1. The third-order valence-corrected chi connectivity index (χ3v) is 3.48. The highest BCUT2D eigenvalue weighted by Gasteiger charge is 2.37. The summed E-state index contributed by atoms with van der Waals surface area (Å²) in [6.07, 6.45) is -2.73. The van der Waals surface area contributed by atoms with Gasteiger partial charge in [-0.1, -0.05) is 34.4 Å². The van der Waals surface area contributed by atoms with Crippen LogP contribution >= 0.6 is 15.9 Å². The maximum Gasteiger partial charge on any atom is 0.437 e. The van der Waals surface area contributed by atoms with E-state index in [9.17, 15) is 13.2 Å². The SMILES string of the molecule is [3H]c1cc2c(C(F)(F)F)noc2c(CCC)c1OCCCBr. The molecular formula is C14H15BrF3NO2. The Hall–Kier alpha value is -1.24. The van der Waals surface area contributed by atoms with Gasteiger partial charge in [-0.3, -0.25) is 0 Å². The normalized spacial score (nSPS) is 12.7. The number of benzene rings is 1. The molecule has 0 aliphatic heterocycles. The largest absolute Gasteiger partial charge is 0.493 e. The first kappa shape index (κ1) is 14.7. The molecule has 0 saturated heterocycles. The number of alkyl halides is 4. The Morgan fingerprint density at radius 3 is 2.86 bits per heavy atom. The van der Waals surface area contributed by atoms with E-state index in [1.54, 1.807) is 0 Å². The highest BCUT2D eigenvalue weighted by Crippen LogP contribution is 2.38. The van der Waals surface area contributed by atoms with Gasteiger partial charge in [0.1, 0.15) is 5.75 Å². The van der Waals surface area contributed by atoms with Crippen LogP contribution in [-0.4, -0.2) is 17.1 Å². The standard InChI is InChI=1S/C14H15BrF3NO2/c1-2-4-9-11(20-8-3-7-15)6-5-10-12(9)21-19-13(10)14(16,17)18/h5-6H,2-4,7-8H2,1H3/i6T. The molecule has 1 aromatic carbocycles. The summed E-state index contributed by atoms with van der Waals surface area (Å²) in [5.41, 5.74) is -0.568. The molecule has 2 rings (SSSR count). The number of rotatable bonds is 6. The van der Waals surface area contributed by atoms with E-state index in [4.69, 9.17) is 10.6 Å². The number of hydrogen-bond donors (Lipinski definition) is 0. The Morgan fingerprint density at radius 1 is 1.48 bits per heavy atom. The number of hydrogen-bond acceptors (Lipinski definition) is 3. The minimum atomic E-state index is -4.61. The monoisotopic (exact) mass is 367 g/mol. The fourth-order valence-electron chi connectivity index (χ4n) is 2.02. The molecule has 1 heterocycles. The predicted octanol–water partition coefficient (Wildman–Crippen LogP) is 4.96. The molecule has 1 aromatic heterocycles. The molecule has 0 unspecified atom stereocenters. The number of fused-ring (bicyclic) bond motifs is 1. The lowest BCUT2D eigenvalue weighted by molar-refractivity contribution is -0.141. The highest BCUT2D eigenvalue weighted by atomic mass is 79.9. The van der Waals surface area contributed by atoms with Crippen LogP contribution in [0.15, 0.2) is 16.6 Å². The van der Waals surface area contributed by atoms with Gasteiger partial charge in [-0.25, -0.2) is 0 Å². The highest BCUT2D eigenvalue weighted by molar-refractivity contribution is 9.09. The van der Waals surface area contributed by atoms with Crippen LogP contribution in [-0.2, 0) is 12.6 Å². The number of halogens is 4. The first-order chi connectivity index (χ1) is 10.4. The number of ether oxygens (including phenoxy) is 1. The fourth-order valence-corrected chi connectivity index (χ4v) is 2.24. The Morgan fingerprint density at radius 2 is 2.24 bits per heavy atom. The van der Waals surface area contributed by atoms with Crippen molar-refractivity contribution in [3.05, 3.63) is 23.4 Å². The lowest BCUT2D eigenvalue weighted by Crippen LogP contribution is -2.06. The van der Waals surface area contributed by atoms with Crippen molar-refractivity contribution in [1.29, 1.82) is 0 Å². The molecule has 0 fully saturated rings. The minimum Gasteiger partial charge on any atom is -0.493 e. The van der Waals surface area contributed by atoms with Crippen LogP contribution in [0.25, 0.3) is 11.0 Å². The Balaban J connectivity index is 2.57. The maximum atomic E-state index is 12.9. The van der Waals surface area contributed by atoms with Crippen molar-refractivity contribution >= 4 is 26.9 Å². The summed E-state index contributed by atoms with van der Waals surface area (Å²) in [6, 6.07) is 1.02. The van der Waals surface area contributed by atoms with E-state index in [2.05, 4.69) is 21.1 Å². The van der Waals surface area contributed by atoms with Crippen molar-refractivity contribution in [2.75, 3.05) is 11.9 Å². The molecule has 3 nitrogen and oxygen atoms in total. The molecule has 2 aromatic rings. The Bertz CT molecular complexity index is 658. The molecule has 21 heavy (non-hydrogen) atoms. The summed E-state index contributed by atoms with van der Waals surface area (Å²) < 4.78 is 57.3. The van der Waals surface area contributed by atoms with Crippen molar-refractivity contribution in [3.8, 4) is 5.75 Å². The molecule has 0 aliphatic rings. The van der Waals surface area contributed by atoms with Gasteiger partial charge < -0.3 is 9.26 Å². The zero-order chi connectivity index (χ0) is 16.3. The zero-order valence-electron chi connectivity index (χ0n) is 12.4. The molecular weight excluding hydrogens is 351 g/mol. The third-order valence-electron chi connectivity index (χ3n) is 2.92. The van der Waals surface area contributed by atoms with Crippen LogP contribution in [0.5, 0.6) is 5.75 Å². The molecule has 0 amide bonds. The third kappa shape index (κ3) is 3.51. The number of aryl methyl sites for hydroxylation is 1. The van der Waals surface area contributed by atoms with Crippen LogP contribution in [0.4, 0.5) is 13.2 Å². The molecule has 0 spiro atoms. The van der Waals surface area contributed by atoms with E-state index in [1.165, 1.54) is 0 Å². The minimum absolute atomic E-state index is 0.0546. The summed E-state index contributed by atoms with van der Waals surface area (Å²) in [7, 11) is 0. The van der Waals surface area contributed by atoms with Crippen LogP contribution in [0.1, 0.15) is 32.4 Å². The van der Waals surface area contributed by atoms with Gasteiger partial charge in [-0.05, 0) is 25.0 Å². The van der Waals surface area contributed by atoms with Crippen molar-refractivity contribution in [1.82, 2.24) is 5.16 Å². The molecule has 0 atom stereocenters. The van der Waals surface area contributed by atoms with E-state index in [0.29, 0.717) is 25.0 Å². The molecule has 116 valence electrons. The summed E-state index contributed by atoms with van der Waals surface area (Å²) in [4.78, 5) is 0. The van der Waals surface area contributed by atoms with Gasteiger partial charge in [0.25, 0.3) is 0 Å². The van der Waals surface area contributed by atoms with E-state index < -0.39 is 11.9 Å². The average Bonchev–Trinajstić information content (AvgIpc) is 2.85. The van der Waals surface area contributed by atoms with Crippen LogP contribution in [0.3, 0.4) is 0 Å². The number of aromatic nitrogens is 1. The predicted molar refractivity (Wildman–Crippen MR) is 76.9 cm³/mol. The van der Waals surface area contributed by atoms with Gasteiger partial charge in [0.2, 0.25) is 0 Å². The van der Waals surface area contributed by atoms with E-state index in [1.807, 2.05) is 6.92 Å². The summed E-state index contributed by atoms with van der Waals surface area (Å²) in [6.45, 7) is 2.27. The van der Waals surface area contributed by atoms with E-state index in [-0.39, 0.29) is 22.8 Å². The second-order valence-corrected chi connectivity index (χ2v) is 5.30. The van der Waals surface area contributed by atoms with Gasteiger partial charge in [0.05, 0.1) is 13.4 Å². The van der Waals surface area contributed by atoms with Gasteiger partial charge >= 0.3 is 6.18 Å². The Labute approximate surface area is 130 Å². The molecule has 0 aliphatic carbocycles. The van der Waals surface area contributed by atoms with Crippen LogP contribution < -0.4 is 4.74 Å². The average molecular weight is 368 g/mol. The quantitative estimate of drug-likeness (QED) is 0.534. The van der Waals surface area contributed by atoms with Crippen LogP contribution in [0, 0.1) is 0 Å². The van der Waals surface area contributed by atoms with Gasteiger partial charge in [-0.15, -0.1) is 0 Å². The summed E-state index contributed by atoms with van der Waals surface area (Å²) >= 11 is 3.28. The summed E-state index contributed by atoms with van der Waals surface area (Å²) in [5, 5.41) is 3.70. The first-order valence-electron chi connectivity index (χ1n) is 7.08. The molecule has 0 saturated carbocycles. The first-order valence-corrected chi connectivity index (χ1v) is 7.70. The molecule has 0 bridgehead atoms. The molecule has 0 N–H and O–H groups in total. The molecule has 7 heteroatoms. The van der Waals surface area contributed by atoms with Crippen molar-refractivity contribution in [3.63, 3.8) is 0 Å². The maximum absolute atomic E-state index is 12.9. The van der Waals surface area contributed by atoms with Gasteiger partial charge in [0, 0.05) is 10.9 Å². The van der Waals surface area contributed by atoms with Gasteiger partial charge in [0.15, 0.2) is 11.3 Å². The smallest absolute Gasteiger partial charge is 0.437 e. The summed E-state index contributed by atoms with van der Waals surface area (Å²) in [5.74, 6) is 0.278. The fraction of sp³-hybridized carbons (Fsp3) is 0.500. The van der Waals surface area contributed by atoms with E-state index >= 15 is 0 Å². The zero-order valence-corrected chi connectivity index (χ0v) is 13.0. The lowest BCUT2D eigenvalue weighted by atomic mass is 10.0. The van der Waals surface area contributed by atoms with Crippen molar-refractivity contribution < 1.29 is 23.8 Å². The van der Waals surface area contributed by atoms with Crippen molar-refractivity contribution in [2.45, 2.75) is 32.4 Å².